The number of halogens is 1. The van der Waals surface area contributed by atoms with Crippen molar-refractivity contribution < 1.29 is 0 Å². The Morgan fingerprint density at radius 3 is 2.65 bits per heavy atom. The third-order valence-corrected chi connectivity index (χ3v) is 5.45. The highest BCUT2D eigenvalue weighted by Crippen LogP contribution is 2.43. The molecule has 114 valence electrons. The Kier molecular flexibility index (Phi) is 4.84. The van der Waals surface area contributed by atoms with Gasteiger partial charge in [-0.15, -0.1) is 11.6 Å². The highest BCUT2D eigenvalue weighted by molar-refractivity contribution is 6.20. The number of nitrogens with zero attached hydrogens (tertiary/aromatic N) is 2. The number of hydrogen-bond donors (Lipinski definition) is 0. The molecule has 0 amide bonds. The fraction of sp³-hybridized carbons (Fsp3) is 0.824. The van der Waals surface area contributed by atoms with E-state index < -0.39 is 0 Å². The first-order valence-corrected chi connectivity index (χ1v) is 8.42. The monoisotopic (exact) mass is 296 g/mol. The largest absolute Gasteiger partial charge is 0.270 e. The number of aromatic nitrogens is 2. The third kappa shape index (κ3) is 3.58. The van der Waals surface area contributed by atoms with Gasteiger partial charge in [-0.1, -0.05) is 20.8 Å². The van der Waals surface area contributed by atoms with Crippen LogP contribution in [0, 0.1) is 24.2 Å². The molecule has 1 aliphatic rings. The lowest BCUT2D eigenvalue weighted by Crippen LogP contribution is -2.33. The Labute approximate surface area is 128 Å². The molecule has 0 bridgehead atoms. The highest BCUT2D eigenvalue weighted by Gasteiger charge is 2.35. The van der Waals surface area contributed by atoms with Crippen LogP contribution in [0.15, 0.2) is 6.07 Å². The molecule has 20 heavy (non-hydrogen) atoms. The molecule has 3 heteroatoms. The fourth-order valence-electron chi connectivity index (χ4n) is 3.53. The molecule has 3 unspecified atom stereocenters. The summed E-state index contributed by atoms with van der Waals surface area (Å²) in [5.41, 5.74) is 2.88. The molecule has 0 N–H and O–H groups in total. The van der Waals surface area contributed by atoms with Crippen molar-refractivity contribution in [2.75, 3.05) is 0 Å². The molecule has 0 aliphatic heterocycles. The Hall–Kier alpha value is -0.500. The van der Waals surface area contributed by atoms with Crippen LogP contribution in [0.1, 0.15) is 58.3 Å². The number of aryl methyl sites for hydroxylation is 2. The fourth-order valence-corrected chi connectivity index (χ4v) is 3.85. The quantitative estimate of drug-likeness (QED) is 0.731. The van der Waals surface area contributed by atoms with Crippen LogP contribution in [-0.4, -0.2) is 15.2 Å². The maximum absolute atomic E-state index is 6.62. The molecule has 0 radical (unpaired) electrons. The summed E-state index contributed by atoms with van der Waals surface area (Å²) < 4.78 is 2.14. The maximum atomic E-state index is 6.62. The predicted octanol–water partition coefficient (Wildman–Crippen LogP) is 4.82. The smallest absolute Gasteiger partial charge is 0.0596 e. The number of rotatable bonds is 3. The molecule has 1 fully saturated rings. The summed E-state index contributed by atoms with van der Waals surface area (Å²) in [6.07, 6.45) is 4.77. The summed E-state index contributed by atoms with van der Waals surface area (Å²) in [7, 11) is 0. The highest BCUT2D eigenvalue weighted by atomic mass is 35.5. The second kappa shape index (κ2) is 6.09. The molecular weight excluding hydrogens is 268 g/mol. The lowest BCUT2D eigenvalue weighted by atomic mass is 9.68. The van der Waals surface area contributed by atoms with Gasteiger partial charge >= 0.3 is 0 Å². The van der Waals surface area contributed by atoms with Gasteiger partial charge in [0.05, 0.1) is 5.69 Å². The Balaban J connectivity index is 2.10. The SMILES string of the molecule is CCn1nc(C)cc1CC1CC(C(C)(C)C)CCC1Cl. The normalized spacial score (nSPS) is 27.8. The molecule has 1 saturated carbocycles. The first-order chi connectivity index (χ1) is 9.31. The van der Waals surface area contributed by atoms with E-state index >= 15 is 0 Å². The van der Waals surface area contributed by atoms with Crippen LogP contribution in [0.3, 0.4) is 0 Å². The summed E-state index contributed by atoms with van der Waals surface area (Å²) in [5.74, 6) is 1.39. The molecular formula is C17H29ClN2. The molecule has 0 saturated heterocycles. The van der Waals surface area contributed by atoms with Gasteiger partial charge in [0, 0.05) is 17.6 Å². The summed E-state index contributed by atoms with van der Waals surface area (Å²) in [6.45, 7) is 12.3. The van der Waals surface area contributed by atoms with Crippen LogP contribution in [-0.2, 0) is 13.0 Å². The minimum atomic E-state index is 0.328. The Morgan fingerprint density at radius 2 is 2.05 bits per heavy atom. The minimum Gasteiger partial charge on any atom is -0.270 e. The van der Waals surface area contributed by atoms with E-state index in [4.69, 9.17) is 11.6 Å². The van der Waals surface area contributed by atoms with Crippen LogP contribution in [0.4, 0.5) is 0 Å². The topological polar surface area (TPSA) is 17.8 Å². The zero-order chi connectivity index (χ0) is 14.9. The van der Waals surface area contributed by atoms with Gasteiger partial charge < -0.3 is 0 Å². The van der Waals surface area contributed by atoms with Gasteiger partial charge in [-0.2, -0.15) is 5.10 Å². The number of hydrogen-bond acceptors (Lipinski definition) is 1. The minimum absolute atomic E-state index is 0.328. The van der Waals surface area contributed by atoms with E-state index in [2.05, 4.69) is 50.5 Å². The Morgan fingerprint density at radius 1 is 1.35 bits per heavy atom. The van der Waals surface area contributed by atoms with E-state index in [1.807, 2.05) is 0 Å². The Bertz CT molecular complexity index is 444. The molecule has 1 heterocycles. The van der Waals surface area contributed by atoms with E-state index in [9.17, 15) is 0 Å². The van der Waals surface area contributed by atoms with Crippen molar-refractivity contribution in [2.24, 2.45) is 17.3 Å². The lowest BCUT2D eigenvalue weighted by molar-refractivity contribution is 0.143. The van der Waals surface area contributed by atoms with Crippen LogP contribution in [0.2, 0.25) is 0 Å². The lowest BCUT2D eigenvalue weighted by Gasteiger charge is -2.40. The van der Waals surface area contributed by atoms with Crippen molar-refractivity contribution in [1.29, 1.82) is 0 Å². The van der Waals surface area contributed by atoms with Crippen molar-refractivity contribution in [2.45, 2.75) is 72.2 Å². The van der Waals surface area contributed by atoms with Gasteiger partial charge in [0.2, 0.25) is 0 Å². The van der Waals surface area contributed by atoms with Crippen LogP contribution < -0.4 is 0 Å². The van der Waals surface area contributed by atoms with Crippen LogP contribution in [0.5, 0.6) is 0 Å². The summed E-state index contributed by atoms with van der Waals surface area (Å²) in [4.78, 5) is 0. The standard InChI is InChI=1S/C17H29ClN2/c1-6-20-15(9-12(2)19-20)11-13-10-14(17(3,4)5)7-8-16(13)18/h9,13-14,16H,6-8,10-11H2,1-5H3. The summed E-state index contributed by atoms with van der Waals surface area (Å²) in [6, 6.07) is 2.23. The van der Waals surface area contributed by atoms with E-state index in [0.717, 1.165) is 31.0 Å². The second-order valence-electron chi connectivity index (χ2n) is 7.45. The second-order valence-corrected chi connectivity index (χ2v) is 8.01. The first-order valence-electron chi connectivity index (χ1n) is 7.98. The zero-order valence-electron chi connectivity index (χ0n) is 13.6. The molecule has 1 aromatic rings. The van der Waals surface area contributed by atoms with Gasteiger partial charge in [-0.3, -0.25) is 4.68 Å². The molecule has 1 aliphatic carbocycles. The van der Waals surface area contributed by atoms with Crippen molar-refractivity contribution in [3.63, 3.8) is 0 Å². The maximum Gasteiger partial charge on any atom is 0.0596 e. The average molecular weight is 297 g/mol. The molecule has 0 aromatic carbocycles. The van der Waals surface area contributed by atoms with Crippen LogP contribution in [0.25, 0.3) is 0 Å². The molecule has 2 rings (SSSR count). The van der Waals surface area contributed by atoms with Gasteiger partial charge in [-0.05, 0) is 62.8 Å². The van der Waals surface area contributed by atoms with Crippen molar-refractivity contribution in [3.05, 3.63) is 17.5 Å². The van der Waals surface area contributed by atoms with E-state index in [-0.39, 0.29) is 0 Å². The zero-order valence-corrected chi connectivity index (χ0v) is 14.4. The van der Waals surface area contributed by atoms with Crippen molar-refractivity contribution >= 4 is 11.6 Å². The third-order valence-electron chi connectivity index (χ3n) is 4.87. The summed E-state index contributed by atoms with van der Waals surface area (Å²) in [5, 5.41) is 4.89. The van der Waals surface area contributed by atoms with E-state index in [0.29, 0.717) is 16.7 Å². The molecule has 2 nitrogen and oxygen atoms in total. The predicted molar refractivity (Wildman–Crippen MR) is 86.3 cm³/mol. The van der Waals surface area contributed by atoms with Gasteiger partial charge in [0.25, 0.3) is 0 Å². The van der Waals surface area contributed by atoms with Crippen molar-refractivity contribution in [1.82, 2.24) is 9.78 Å². The summed E-state index contributed by atoms with van der Waals surface area (Å²) >= 11 is 6.62. The molecule has 3 atom stereocenters. The van der Waals surface area contributed by atoms with Gasteiger partial charge in [-0.25, -0.2) is 0 Å². The average Bonchev–Trinajstić information content (AvgIpc) is 2.71. The molecule has 0 spiro atoms. The number of alkyl halides is 1. The van der Waals surface area contributed by atoms with Gasteiger partial charge in [0.15, 0.2) is 0 Å². The van der Waals surface area contributed by atoms with Crippen molar-refractivity contribution in [3.8, 4) is 0 Å². The van der Waals surface area contributed by atoms with Crippen LogP contribution >= 0.6 is 11.6 Å². The molecule has 1 aromatic heterocycles. The van der Waals surface area contributed by atoms with Gasteiger partial charge in [0.1, 0.15) is 0 Å². The van der Waals surface area contributed by atoms with E-state index in [1.54, 1.807) is 0 Å². The van der Waals surface area contributed by atoms with E-state index in [1.165, 1.54) is 18.5 Å². The first kappa shape index (κ1) is 15.9.